The zero-order chi connectivity index (χ0) is 10.9. The van der Waals surface area contributed by atoms with Gasteiger partial charge in [-0.1, -0.05) is 17.9 Å². The first-order valence-corrected chi connectivity index (χ1v) is 5.46. The molecule has 0 amide bonds. The van der Waals surface area contributed by atoms with Crippen molar-refractivity contribution < 1.29 is 4.42 Å². The van der Waals surface area contributed by atoms with Crippen molar-refractivity contribution in [3.8, 4) is 0 Å². The van der Waals surface area contributed by atoms with E-state index >= 15 is 0 Å². The Balaban J connectivity index is 2.04. The fourth-order valence-electron chi connectivity index (χ4n) is 2.01. The van der Waals surface area contributed by atoms with Crippen LogP contribution in [0.3, 0.4) is 0 Å². The Morgan fingerprint density at radius 3 is 2.60 bits per heavy atom. The molecule has 5 nitrogen and oxygen atoms in total. The molecule has 0 radical (unpaired) electrons. The summed E-state index contributed by atoms with van der Waals surface area (Å²) in [7, 11) is 0. The molecular formula is C10H18N4O. The van der Waals surface area contributed by atoms with E-state index < -0.39 is 0 Å². The summed E-state index contributed by atoms with van der Waals surface area (Å²) >= 11 is 0. The lowest BCUT2D eigenvalue weighted by Gasteiger charge is -2.23. The Hall–Kier alpha value is -1.10. The van der Waals surface area contributed by atoms with Crippen LogP contribution in [0.1, 0.15) is 51.5 Å². The first-order chi connectivity index (χ1) is 7.09. The van der Waals surface area contributed by atoms with Gasteiger partial charge in [0, 0.05) is 5.54 Å². The summed E-state index contributed by atoms with van der Waals surface area (Å²) in [6.45, 7) is 4.02. The van der Waals surface area contributed by atoms with E-state index in [-0.39, 0.29) is 11.6 Å². The fourth-order valence-corrected chi connectivity index (χ4v) is 2.01. The Kier molecular flexibility index (Phi) is 2.65. The van der Waals surface area contributed by atoms with Crippen molar-refractivity contribution in [3.63, 3.8) is 0 Å². The number of hydrogen-bond acceptors (Lipinski definition) is 5. The van der Waals surface area contributed by atoms with Crippen molar-refractivity contribution >= 4 is 6.01 Å². The van der Waals surface area contributed by atoms with Gasteiger partial charge in [-0.3, -0.25) is 0 Å². The second kappa shape index (κ2) is 3.81. The molecule has 1 saturated carbocycles. The summed E-state index contributed by atoms with van der Waals surface area (Å²) in [5, 5.41) is 11.1. The van der Waals surface area contributed by atoms with Gasteiger partial charge in [0.15, 0.2) is 0 Å². The number of nitrogens with zero attached hydrogens (tertiary/aromatic N) is 2. The van der Waals surface area contributed by atoms with Crippen LogP contribution in [0.2, 0.25) is 0 Å². The van der Waals surface area contributed by atoms with Crippen LogP contribution in [0.4, 0.5) is 6.01 Å². The molecule has 0 spiro atoms. The van der Waals surface area contributed by atoms with Crippen LogP contribution in [-0.4, -0.2) is 15.7 Å². The van der Waals surface area contributed by atoms with Gasteiger partial charge in [-0.05, 0) is 26.7 Å². The Morgan fingerprint density at radius 2 is 2.07 bits per heavy atom. The molecule has 5 heteroatoms. The van der Waals surface area contributed by atoms with E-state index in [1.807, 2.05) is 6.92 Å². The minimum atomic E-state index is -0.204. The van der Waals surface area contributed by atoms with Gasteiger partial charge in [-0.2, -0.15) is 0 Å². The van der Waals surface area contributed by atoms with Crippen LogP contribution in [0.15, 0.2) is 4.42 Å². The van der Waals surface area contributed by atoms with E-state index in [0.717, 1.165) is 12.8 Å². The van der Waals surface area contributed by atoms with Gasteiger partial charge >= 0.3 is 6.01 Å². The lowest BCUT2D eigenvalue weighted by molar-refractivity contribution is 0.446. The van der Waals surface area contributed by atoms with Crippen molar-refractivity contribution in [2.24, 2.45) is 5.73 Å². The van der Waals surface area contributed by atoms with Crippen molar-refractivity contribution in [3.05, 3.63) is 5.89 Å². The number of aromatic nitrogens is 2. The molecule has 1 aromatic rings. The van der Waals surface area contributed by atoms with E-state index in [1.165, 1.54) is 12.8 Å². The lowest BCUT2D eigenvalue weighted by Crippen LogP contribution is -2.30. The maximum Gasteiger partial charge on any atom is 0.315 e. The topological polar surface area (TPSA) is 77.0 Å². The van der Waals surface area contributed by atoms with E-state index in [1.54, 1.807) is 0 Å². The van der Waals surface area contributed by atoms with Gasteiger partial charge in [0.05, 0.1) is 6.04 Å². The molecule has 0 aliphatic heterocycles. The van der Waals surface area contributed by atoms with Crippen molar-refractivity contribution in [2.75, 3.05) is 5.32 Å². The van der Waals surface area contributed by atoms with Crippen molar-refractivity contribution in [1.29, 1.82) is 0 Å². The second-order valence-electron chi connectivity index (χ2n) is 4.63. The van der Waals surface area contributed by atoms with Crippen LogP contribution in [-0.2, 0) is 0 Å². The van der Waals surface area contributed by atoms with Crippen LogP contribution in [0.25, 0.3) is 0 Å². The predicted molar refractivity (Wildman–Crippen MR) is 57.4 cm³/mol. The van der Waals surface area contributed by atoms with Gasteiger partial charge in [0.1, 0.15) is 0 Å². The normalized spacial score (nSPS) is 21.5. The molecule has 1 atom stereocenters. The molecule has 15 heavy (non-hydrogen) atoms. The average molecular weight is 210 g/mol. The molecule has 1 unspecified atom stereocenters. The van der Waals surface area contributed by atoms with Gasteiger partial charge in [-0.15, -0.1) is 5.10 Å². The molecule has 84 valence electrons. The smallest absolute Gasteiger partial charge is 0.315 e. The highest BCUT2D eigenvalue weighted by atomic mass is 16.4. The molecule has 0 saturated heterocycles. The zero-order valence-electron chi connectivity index (χ0n) is 9.29. The maximum absolute atomic E-state index is 5.64. The standard InChI is InChI=1S/C10H18N4O/c1-7(11)8-13-14-9(15-8)12-10(2)5-3-4-6-10/h7H,3-6,11H2,1-2H3,(H,12,14). The third kappa shape index (κ3) is 2.28. The monoisotopic (exact) mass is 210 g/mol. The molecule has 1 aromatic heterocycles. The molecule has 0 bridgehead atoms. The lowest BCUT2D eigenvalue weighted by atomic mass is 10.0. The van der Waals surface area contributed by atoms with Crippen LogP contribution in [0, 0.1) is 0 Å². The van der Waals surface area contributed by atoms with Crippen LogP contribution >= 0.6 is 0 Å². The average Bonchev–Trinajstić information content (AvgIpc) is 2.75. The quantitative estimate of drug-likeness (QED) is 0.796. The minimum absolute atomic E-state index is 0.113. The van der Waals surface area contributed by atoms with E-state index in [2.05, 4.69) is 22.4 Å². The highest BCUT2D eigenvalue weighted by Crippen LogP contribution is 2.32. The highest BCUT2D eigenvalue weighted by Gasteiger charge is 2.30. The SMILES string of the molecule is CC(N)c1nnc(NC2(C)CCCC2)o1. The van der Waals surface area contributed by atoms with Crippen LogP contribution < -0.4 is 11.1 Å². The van der Waals surface area contributed by atoms with Crippen molar-refractivity contribution in [2.45, 2.75) is 51.1 Å². The third-order valence-electron chi connectivity index (χ3n) is 2.95. The second-order valence-corrected chi connectivity index (χ2v) is 4.63. The van der Waals surface area contributed by atoms with Crippen molar-refractivity contribution in [1.82, 2.24) is 10.2 Å². The van der Waals surface area contributed by atoms with E-state index in [0.29, 0.717) is 11.9 Å². The molecule has 1 aliphatic rings. The minimum Gasteiger partial charge on any atom is -0.406 e. The number of nitrogens with one attached hydrogen (secondary N) is 1. The summed E-state index contributed by atoms with van der Waals surface area (Å²) in [6.07, 6.45) is 4.83. The van der Waals surface area contributed by atoms with E-state index in [4.69, 9.17) is 10.2 Å². The molecule has 1 heterocycles. The summed E-state index contributed by atoms with van der Waals surface area (Å²) in [6, 6.07) is 0.288. The summed E-state index contributed by atoms with van der Waals surface area (Å²) in [4.78, 5) is 0. The number of nitrogens with two attached hydrogens (primary N) is 1. The predicted octanol–water partition coefficient (Wildman–Crippen LogP) is 1.83. The van der Waals surface area contributed by atoms with Crippen LogP contribution in [0.5, 0.6) is 0 Å². The molecule has 0 aromatic carbocycles. The zero-order valence-corrected chi connectivity index (χ0v) is 9.29. The fraction of sp³-hybridized carbons (Fsp3) is 0.800. The Morgan fingerprint density at radius 1 is 1.40 bits per heavy atom. The van der Waals surface area contributed by atoms with Gasteiger partial charge in [-0.25, -0.2) is 0 Å². The highest BCUT2D eigenvalue weighted by molar-refractivity contribution is 5.24. The first kappa shape index (κ1) is 10.4. The third-order valence-corrected chi connectivity index (χ3v) is 2.95. The first-order valence-electron chi connectivity index (χ1n) is 5.46. The molecular weight excluding hydrogens is 192 g/mol. The van der Waals surface area contributed by atoms with Gasteiger partial charge in [0.25, 0.3) is 0 Å². The summed E-state index contributed by atoms with van der Waals surface area (Å²) < 4.78 is 5.41. The molecule has 3 N–H and O–H groups in total. The van der Waals surface area contributed by atoms with Gasteiger partial charge in [0.2, 0.25) is 5.89 Å². The largest absolute Gasteiger partial charge is 0.406 e. The number of rotatable bonds is 3. The molecule has 1 fully saturated rings. The Bertz CT molecular complexity index is 328. The molecule has 2 rings (SSSR count). The van der Waals surface area contributed by atoms with Gasteiger partial charge < -0.3 is 15.5 Å². The number of hydrogen-bond donors (Lipinski definition) is 2. The summed E-state index contributed by atoms with van der Waals surface area (Å²) in [5.74, 6) is 0.485. The Labute approximate surface area is 89.4 Å². The maximum atomic E-state index is 5.64. The van der Waals surface area contributed by atoms with E-state index in [9.17, 15) is 0 Å². The molecule has 1 aliphatic carbocycles. The number of anilines is 1. The summed E-state index contributed by atoms with van der Waals surface area (Å²) in [5.41, 5.74) is 5.76.